The van der Waals surface area contributed by atoms with Crippen molar-refractivity contribution in [1.29, 1.82) is 0 Å². The van der Waals surface area contributed by atoms with Crippen LogP contribution < -0.4 is 10.1 Å². The first-order valence-electron chi connectivity index (χ1n) is 9.33. The zero-order valence-corrected chi connectivity index (χ0v) is 17.7. The van der Waals surface area contributed by atoms with Crippen molar-refractivity contribution in [3.8, 4) is 5.75 Å². The molecule has 30 heavy (non-hydrogen) atoms. The molecule has 0 amide bonds. The highest BCUT2D eigenvalue weighted by atomic mass is 35.5. The first-order valence-corrected chi connectivity index (χ1v) is 10.1. The molecular weight excluding hydrogens is 430 g/mol. The van der Waals surface area contributed by atoms with Crippen LogP contribution in [-0.4, -0.2) is 26.3 Å². The Morgan fingerprint density at radius 1 is 1.20 bits per heavy atom. The standard InChI is InChI=1S/C21H19ClF2N4OS/c1-27-20-6-7-28(21(30)25-16-4-2-13(22)3-5-16)11-18(20)19(26-27)12-29-17-9-14(23)8-15(24)10-17/h2-5,8-10H,6-7,11-12H2,1H3,(H,25,30). The van der Waals surface area contributed by atoms with E-state index in [4.69, 9.17) is 28.6 Å². The van der Waals surface area contributed by atoms with Gasteiger partial charge >= 0.3 is 0 Å². The summed E-state index contributed by atoms with van der Waals surface area (Å²) in [7, 11) is 1.88. The minimum atomic E-state index is -0.683. The van der Waals surface area contributed by atoms with Gasteiger partial charge < -0.3 is 15.0 Å². The molecule has 0 radical (unpaired) electrons. The molecule has 0 unspecified atom stereocenters. The molecule has 5 nitrogen and oxygen atoms in total. The fourth-order valence-corrected chi connectivity index (χ4v) is 3.86. The molecule has 0 fully saturated rings. The van der Waals surface area contributed by atoms with E-state index in [0.717, 1.165) is 53.8 Å². The van der Waals surface area contributed by atoms with Crippen LogP contribution in [0.2, 0.25) is 5.02 Å². The molecule has 0 aliphatic carbocycles. The topological polar surface area (TPSA) is 42.3 Å². The van der Waals surface area contributed by atoms with Crippen LogP contribution in [0.5, 0.6) is 5.75 Å². The van der Waals surface area contributed by atoms with Gasteiger partial charge in [0.25, 0.3) is 0 Å². The van der Waals surface area contributed by atoms with Crippen molar-refractivity contribution in [2.45, 2.75) is 19.6 Å². The number of aryl methyl sites for hydroxylation is 1. The second kappa shape index (κ2) is 8.57. The maximum absolute atomic E-state index is 13.4. The Kier molecular flexibility index (Phi) is 5.87. The number of aromatic nitrogens is 2. The van der Waals surface area contributed by atoms with Gasteiger partial charge in [-0.1, -0.05) is 11.6 Å². The van der Waals surface area contributed by atoms with E-state index in [2.05, 4.69) is 15.3 Å². The van der Waals surface area contributed by atoms with Gasteiger partial charge in [-0.15, -0.1) is 0 Å². The van der Waals surface area contributed by atoms with Crippen LogP contribution >= 0.6 is 23.8 Å². The summed E-state index contributed by atoms with van der Waals surface area (Å²) in [5, 5.41) is 9.02. The summed E-state index contributed by atoms with van der Waals surface area (Å²) >= 11 is 11.5. The summed E-state index contributed by atoms with van der Waals surface area (Å²) in [6.07, 6.45) is 0.774. The molecule has 4 rings (SSSR count). The number of thiocarbonyl (C=S) groups is 1. The number of benzene rings is 2. The van der Waals surface area contributed by atoms with Gasteiger partial charge in [0.05, 0.1) is 0 Å². The van der Waals surface area contributed by atoms with Gasteiger partial charge in [0.15, 0.2) is 5.11 Å². The van der Waals surface area contributed by atoms with Gasteiger partial charge in [0.1, 0.15) is 29.7 Å². The van der Waals surface area contributed by atoms with Crippen molar-refractivity contribution >= 4 is 34.6 Å². The summed E-state index contributed by atoms with van der Waals surface area (Å²) in [5.41, 5.74) is 3.69. The lowest BCUT2D eigenvalue weighted by atomic mass is 10.1. The zero-order valence-electron chi connectivity index (χ0n) is 16.2. The second-order valence-electron chi connectivity index (χ2n) is 7.00. The smallest absolute Gasteiger partial charge is 0.173 e. The van der Waals surface area contributed by atoms with Gasteiger partial charge in [-0.25, -0.2) is 8.78 Å². The number of nitrogens with zero attached hydrogens (tertiary/aromatic N) is 3. The van der Waals surface area contributed by atoms with Gasteiger partial charge in [0, 0.05) is 66.7 Å². The second-order valence-corrected chi connectivity index (χ2v) is 7.82. The molecule has 0 spiro atoms. The maximum Gasteiger partial charge on any atom is 0.173 e. The lowest BCUT2D eigenvalue weighted by Gasteiger charge is -2.30. The van der Waals surface area contributed by atoms with Gasteiger partial charge in [-0.05, 0) is 36.5 Å². The fraction of sp³-hybridized carbons (Fsp3) is 0.238. The van der Waals surface area contributed by atoms with E-state index in [0.29, 0.717) is 16.7 Å². The molecule has 0 atom stereocenters. The minimum absolute atomic E-state index is 0.108. The Hall–Kier alpha value is -2.71. The van der Waals surface area contributed by atoms with Crippen molar-refractivity contribution < 1.29 is 13.5 Å². The number of hydrogen-bond donors (Lipinski definition) is 1. The van der Waals surface area contributed by atoms with Crippen molar-refractivity contribution in [2.75, 3.05) is 11.9 Å². The Labute approximate surface area is 183 Å². The number of hydrogen-bond acceptors (Lipinski definition) is 3. The van der Waals surface area contributed by atoms with Crippen LogP contribution in [0, 0.1) is 11.6 Å². The normalized spacial score (nSPS) is 13.1. The summed E-state index contributed by atoms with van der Waals surface area (Å²) in [4.78, 5) is 2.05. The van der Waals surface area contributed by atoms with Gasteiger partial charge in [0.2, 0.25) is 0 Å². The number of anilines is 1. The summed E-state index contributed by atoms with van der Waals surface area (Å²) in [5.74, 6) is -1.24. The Morgan fingerprint density at radius 3 is 2.60 bits per heavy atom. The lowest BCUT2D eigenvalue weighted by Crippen LogP contribution is -2.39. The molecule has 156 valence electrons. The summed E-state index contributed by atoms with van der Waals surface area (Å²) in [6.45, 7) is 1.43. The highest BCUT2D eigenvalue weighted by Crippen LogP contribution is 2.25. The SMILES string of the molecule is Cn1nc(COc2cc(F)cc(F)c2)c2c1CCN(C(=S)Nc1ccc(Cl)cc1)C2. The Balaban J connectivity index is 1.47. The summed E-state index contributed by atoms with van der Waals surface area (Å²) < 4.78 is 34.2. The van der Waals surface area contributed by atoms with Crippen molar-refractivity contribution in [1.82, 2.24) is 14.7 Å². The molecule has 1 aliphatic rings. The van der Waals surface area contributed by atoms with Crippen LogP contribution in [0.4, 0.5) is 14.5 Å². The third kappa shape index (κ3) is 4.55. The van der Waals surface area contributed by atoms with E-state index in [1.54, 1.807) is 12.1 Å². The molecule has 2 heterocycles. The molecular formula is C21H19ClF2N4OS. The number of halogens is 3. The maximum atomic E-state index is 13.4. The van der Waals surface area contributed by atoms with Crippen LogP contribution in [0.1, 0.15) is 17.0 Å². The molecule has 1 aliphatic heterocycles. The first kappa shape index (κ1) is 20.6. The molecule has 2 aromatic carbocycles. The average Bonchev–Trinajstić information content (AvgIpc) is 3.02. The number of rotatable bonds is 4. The molecule has 3 aromatic rings. The number of ether oxygens (including phenoxy) is 1. The quantitative estimate of drug-likeness (QED) is 0.587. The van der Waals surface area contributed by atoms with Crippen LogP contribution in [0.15, 0.2) is 42.5 Å². The molecule has 1 aromatic heterocycles. The van der Waals surface area contributed by atoms with E-state index in [1.165, 1.54) is 0 Å². The van der Waals surface area contributed by atoms with E-state index in [9.17, 15) is 8.78 Å². The number of fused-ring (bicyclic) bond motifs is 1. The monoisotopic (exact) mass is 448 g/mol. The predicted molar refractivity (Wildman–Crippen MR) is 116 cm³/mol. The minimum Gasteiger partial charge on any atom is -0.487 e. The van der Waals surface area contributed by atoms with Crippen molar-refractivity contribution in [2.24, 2.45) is 7.05 Å². The largest absolute Gasteiger partial charge is 0.487 e. The summed E-state index contributed by atoms with van der Waals surface area (Å²) in [6, 6.07) is 10.4. The van der Waals surface area contributed by atoms with E-state index >= 15 is 0 Å². The molecule has 0 saturated heterocycles. The first-order chi connectivity index (χ1) is 14.4. The van der Waals surface area contributed by atoms with Crippen LogP contribution in [-0.2, 0) is 26.6 Å². The molecule has 1 N–H and O–H groups in total. The van der Waals surface area contributed by atoms with E-state index in [1.807, 2.05) is 23.9 Å². The van der Waals surface area contributed by atoms with Crippen molar-refractivity contribution in [3.05, 3.63) is 76.1 Å². The Morgan fingerprint density at radius 2 is 1.90 bits per heavy atom. The number of nitrogens with one attached hydrogen (secondary N) is 1. The van der Waals surface area contributed by atoms with E-state index in [-0.39, 0.29) is 12.4 Å². The highest BCUT2D eigenvalue weighted by Gasteiger charge is 2.25. The zero-order chi connectivity index (χ0) is 21.3. The van der Waals surface area contributed by atoms with Crippen molar-refractivity contribution in [3.63, 3.8) is 0 Å². The van der Waals surface area contributed by atoms with E-state index < -0.39 is 11.6 Å². The van der Waals surface area contributed by atoms with Crippen LogP contribution in [0.3, 0.4) is 0 Å². The van der Waals surface area contributed by atoms with Gasteiger partial charge in [-0.3, -0.25) is 4.68 Å². The lowest BCUT2D eigenvalue weighted by molar-refractivity contribution is 0.293. The van der Waals surface area contributed by atoms with Gasteiger partial charge in [-0.2, -0.15) is 5.10 Å². The third-order valence-electron chi connectivity index (χ3n) is 4.92. The average molecular weight is 449 g/mol. The molecule has 0 bridgehead atoms. The molecule has 9 heteroatoms. The molecule has 0 saturated carbocycles. The third-order valence-corrected chi connectivity index (χ3v) is 5.53. The Bertz CT molecular complexity index is 1070. The predicted octanol–water partition coefficient (Wildman–Crippen LogP) is 4.69. The highest BCUT2D eigenvalue weighted by molar-refractivity contribution is 7.80. The van der Waals surface area contributed by atoms with Crippen LogP contribution in [0.25, 0.3) is 0 Å². The fourth-order valence-electron chi connectivity index (χ4n) is 3.46.